The Morgan fingerprint density at radius 2 is 1.85 bits per heavy atom. The number of H-pyrrole nitrogens is 1. The number of β-amino-alcohol motifs (C(OH)–C–C–N with tert-alkyl or cyclic N) is 1. The number of rotatable bonds is 7. The minimum Gasteiger partial charge on any atom is -0.480 e. The van der Waals surface area contributed by atoms with E-state index < -0.39 is 11.9 Å². The van der Waals surface area contributed by atoms with Gasteiger partial charge in [0.1, 0.15) is 22.4 Å². The molecule has 0 radical (unpaired) electrons. The van der Waals surface area contributed by atoms with Crippen LogP contribution < -0.4 is 19.7 Å². The predicted molar refractivity (Wildman–Crippen MR) is 204 cm³/mol. The third-order valence-corrected chi connectivity index (χ3v) is 11.4. The van der Waals surface area contributed by atoms with Crippen LogP contribution in [0.1, 0.15) is 89.5 Å². The van der Waals surface area contributed by atoms with Crippen LogP contribution in [-0.4, -0.2) is 102 Å². The summed E-state index contributed by atoms with van der Waals surface area (Å²) >= 11 is 6.81. The van der Waals surface area contributed by atoms with Gasteiger partial charge in [-0.15, -0.1) is 0 Å². The van der Waals surface area contributed by atoms with Crippen molar-refractivity contribution >= 4 is 39.2 Å². The van der Waals surface area contributed by atoms with E-state index in [0.29, 0.717) is 53.1 Å². The van der Waals surface area contributed by atoms with Gasteiger partial charge in [-0.25, -0.2) is 9.37 Å². The highest BCUT2D eigenvalue weighted by molar-refractivity contribution is 6.33. The van der Waals surface area contributed by atoms with Crippen LogP contribution >= 0.6 is 11.6 Å². The van der Waals surface area contributed by atoms with E-state index in [2.05, 4.69) is 15.5 Å². The fourth-order valence-electron chi connectivity index (χ4n) is 8.41. The number of fused-ring (bicyclic) bond motifs is 3. The summed E-state index contributed by atoms with van der Waals surface area (Å²) in [6, 6.07) is 2.31. The van der Waals surface area contributed by atoms with E-state index in [4.69, 9.17) is 45.5 Å². The smallest absolute Gasteiger partial charge is 0.319 e. The molecule has 3 unspecified atom stereocenters. The number of methoxy groups -OCH3 is 1. The zero-order valence-corrected chi connectivity index (χ0v) is 31.9. The monoisotopic (exact) mass is 753 g/mol. The maximum atomic E-state index is 17.2. The molecule has 5 fully saturated rings. The number of hydrogen-bond donors (Lipinski definition) is 3. The first-order chi connectivity index (χ1) is 26.0. The van der Waals surface area contributed by atoms with Gasteiger partial charge >= 0.3 is 6.01 Å². The quantitative estimate of drug-likeness (QED) is 0.181. The van der Waals surface area contributed by atoms with Gasteiger partial charge in [-0.1, -0.05) is 31.9 Å². The molecule has 2 aliphatic carbocycles. The SMILES string of the molecule is C1CCOCC1.CC.COc1nc(-c2c(C3CC3)c(Cl)cc3[nH]ncc23)c(F)c2nc(OCC34CCCNC3CCC4)nc(N3CCOCC(O)C3)c12. The van der Waals surface area contributed by atoms with Gasteiger partial charge in [-0.3, -0.25) is 5.10 Å². The Balaban J connectivity index is 0.000000490. The van der Waals surface area contributed by atoms with Crippen LogP contribution in [0, 0.1) is 11.2 Å². The first-order valence-corrected chi connectivity index (χ1v) is 19.9. The fraction of sp³-hybridized carbons (Fsp3) is 0.641. The fourth-order valence-corrected chi connectivity index (χ4v) is 8.77. The Morgan fingerprint density at radius 3 is 2.58 bits per heavy atom. The van der Waals surface area contributed by atoms with E-state index in [9.17, 15) is 5.11 Å². The molecule has 0 amide bonds. The van der Waals surface area contributed by atoms with Crippen LogP contribution in [0.2, 0.25) is 5.02 Å². The molecule has 14 heteroatoms. The molecule has 288 valence electrons. The predicted octanol–water partition coefficient (Wildman–Crippen LogP) is 6.96. The molecule has 12 nitrogen and oxygen atoms in total. The average molecular weight is 754 g/mol. The Labute approximate surface area is 315 Å². The summed E-state index contributed by atoms with van der Waals surface area (Å²) in [5, 5.41) is 23.1. The van der Waals surface area contributed by atoms with E-state index in [1.165, 1.54) is 26.4 Å². The van der Waals surface area contributed by atoms with Crippen molar-refractivity contribution in [1.82, 2.24) is 30.5 Å². The van der Waals surface area contributed by atoms with Crippen molar-refractivity contribution in [2.45, 2.75) is 96.1 Å². The minimum atomic E-state index is -0.752. The van der Waals surface area contributed by atoms with Crippen LogP contribution in [0.25, 0.3) is 33.1 Å². The number of ether oxygens (including phenoxy) is 4. The lowest BCUT2D eigenvalue weighted by Crippen LogP contribution is -2.49. The molecule has 0 spiro atoms. The number of benzene rings is 1. The molecule has 3 atom stereocenters. The third-order valence-electron chi connectivity index (χ3n) is 11.1. The van der Waals surface area contributed by atoms with Crippen molar-refractivity contribution in [3.63, 3.8) is 0 Å². The van der Waals surface area contributed by atoms with E-state index in [1.807, 2.05) is 24.8 Å². The molecule has 4 aromatic rings. The summed E-state index contributed by atoms with van der Waals surface area (Å²) in [4.78, 5) is 16.2. The van der Waals surface area contributed by atoms with Crippen molar-refractivity contribution in [3.8, 4) is 23.1 Å². The molecule has 5 aliphatic rings. The second-order valence-electron chi connectivity index (χ2n) is 14.6. The number of nitrogens with zero attached hydrogens (tertiary/aromatic N) is 5. The number of aliphatic hydroxyl groups excluding tert-OH is 1. The normalized spacial score (nSPS) is 24.5. The number of aromatic nitrogens is 5. The Kier molecular flexibility index (Phi) is 12.2. The summed E-state index contributed by atoms with van der Waals surface area (Å²) in [6.45, 7) is 8.70. The largest absolute Gasteiger partial charge is 0.480 e. The number of nitrogens with one attached hydrogen (secondary N) is 2. The number of hydrogen-bond acceptors (Lipinski definition) is 11. The molecule has 9 rings (SSSR count). The molecule has 3 aliphatic heterocycles. The van der Waals surface area contributed by atoms with Gasteiger partial charge in [-0.2, -0.15) is 15.1 Å². The second kappa shape index (κ2) is 17.0. The lowest BCUT2D eigenvalue weighted by molar-refractivity contribution is 0.0597. The Hall–Kier alpha value is -3.36. The van der Waals surface area contributed by atoms with Crippen molar-refractivity contribution in [1.29, 1.82) is 0 Å². The molecule has 53 heavy (non-hydrogen) atoms. The van der Waals surface area contributed by atoms with Gasteiger partial charge in [0, 0.05) is 53.7 Å². The number of halogens is 2. The first kappa shape index (κ1) is 37.9. The molecule has 3 saturated heterocycles. The summed E-state index contributed by atoms with van der Waals surface area (Å²) in [6.07, 6.45) is 12.3. The van der Waals surface area contributed by atoms with Gasteiger partial charge < -0.3 is 34.3 Å². The molecule has 1 aromatic carbocycles. The lowest BCUT2D eigenvalue weighted by Gasteiger charge is -2.39. The highest BCUT2D eigenvalue weighted by Crippen LogP contribution is 2.51. The Bertz CT molecular complexity index is 1860. The van der Waals surface area contributed by atoms with Crippen LogP contribution in [0.4, 0.5) is 10.2 Å². The highest BCUT2D eigenvalue weighted by Gasteiger charge is 2.45. The topological polar surface area (TPSA) is 140 Å². The van der Waals surface area contributed by atoms with Crippen LogP contribution in [0.3, 0.4) is 0 Å². The van der Waals surface area contributed by atoms with Gasteiger partial charge in [0.15, 0.2) is 5.82 Å². The Morgan fingerprint density at radius 1 is 1.04 bits per heavy atom. The molecule has 6 heterocycles. The summed E-state index contributed by atoms with van der Waals surface area (Å²) < 4.78 is 40.1. The maximum absolute atomic E-state index is 17.2. The van der Waals surface area contributed by atoms with Crippen LogP contribution in [0.5, 0.6) is 11.9 Å². The van der Waals surface area contributed by atoms with Crippen molar-refractivity contribution in [3.05, 3.63) is 28.7 Å². The van der Waals surface area contributed by atoms with E-state index in [1.54, 1.807) is 6.20 Å². The first-order valence-electron chi connectivity index (χ1n) is 19.5. The number of pyridine rings is 1. The van der Waals surface area contributed by atoms with Gasteiger partial charge in [0.25, 0.3) is 0 Å². The zero-order chi connectivity index (χ0) is 37.0. The summed E-state index contributed by atoms with van der Waals surface area (Å²) in [5.74, 6) is 0.148. The maximum Gasteiger partial charge on any atom is 0.319 e. The van der Waals surface area contributed by atoms with Crippen molar-refractivity contribution in [2.24, 2.45) is 5.41 Å². The van der Waals surface area contributed by atoms with Gasteiger partial charge in [0.05, 0.1) is 44.7 Å². The molecule has 2 saturated carbocycles. The molecular formula is C39H53ClFN7O5. The third kappa shape index (κ3) is 7.91. The second-order valence-corrected chi connectivity index (χ2v) is 15.0. The minimum absolute atomic E-state index is 0.00412. The molecule has 0 bridgehead atoms. The van der Waals surface area contributed by atoms with Crippen molar-refractivity contribution in [2.75, 3.05) is 64.7 Å². The van der Waals surface area contributed by atoms with E-state index in [-0.39, 0.29) is 47.6 Å². The summed E-state index contributed by atoms with van der Waals surface area (Å²) in [5.41, 5.74) is 2.27. The number of anilines is 1. The highest BCUT2D eigenvalue weighted by atomic mass is 35.5. The van der Waals surface area contributed by atoms with E-state index >= 15 is 4.39 Å². The number of aliphatic hydroxyl groups is 1. The standard InChI is InChI=1S/C32H37ClFN7O4.C5H10O.C2H6/c1-43-30-25-28(26(34)27(37-30)24-19-13-36-40-21(19)12-20(33)23(24)17-5-6-17)38-31(39-29(25)41-10-11-44-15-18(42)14-41)45-16-32-7-2-4-22(32)35-9-3-8-32;1-2-4-6-5-3-1;1-2/h12-13,17-18,22,35,42H,2-11,14-16H2,1H3,(H,36,40);1-5H2;1-2H3. The molecular weight excluding hydrogens is 701 g/mol. The lowest BCUT2D eigenvalue weighted by atomic mass is 9.76. The van der Waals surface area contributed by atoms with Crippen LogP contribution in [0.15, 0.2) is 12.3 Å². The summed E-state index contributed by atoms with van der Waals surface area (Å²) in [7, 11) is 1.50. The van der Waals surface area contributed by atoms with E-state index in [0.717, 1.165) is 75.7 Å². The van der Waals surface area contributed by atoms with Gasteiger partial charge in [-0.05, 0) is 81.9 Å². The number of aromatic amines is 1. The zero-order valence-electron chi connectivity index (χ0n) is 31.2. The molecule has 3 aromatic heterocycles. The van der Waals surface area contributed by atoms with Gasteiger partial charge in [0.2, 0.25) is 5.88 Å². The van der Waals surface area contributed by atoms with Crippen molar-refractivity contribution < 1.29 is 28.4 Å². The van der Waals surface area contributed by atoms with Crippen LogP contribution in [-0.2, 0) is 9.47 Å². The molecule has 3 N–H and O–H groups in total. The average Bonchev–Trinajstić information content (AvgIpc) is 3.84. The number of piperidine rings is 1.